The number of hydrogen-bond donors (Lipinski definition) is 2. The summed E-state index contributed by atoms with van der Waals surface area (Å²) in [5.41, 5.74) is 1.94. The summed E-state index contributed by atoms with van der Waals surface area (Å²) >= 11 is 0. The van der Waals surface area contributed by atoms with Gasteiger partial charge in [0.15, 0.2) is 5.69 Å². The quantitative estimate of drug-likeness (QED) is 0.389. The van der Waals surface area contributed by atoms with Gasteiger partial charge in [-0.05, 0) is 49.4 Å². The number of aromatic nitrogens is 2. The molecule has 0 aliphatic rings. The molecule has 0 saturated heterocycles. The Bertz CT molecular complexity index is 1350. The minimum Gasteiger partial charge on any atom is -0.493 e. The molecule has 0 spiro atoms. The van der Waals surface area contributed by atoms with Crippen LogP contribution in [-0.2, 0) is 17.1 Å². The fourth-order valence-electron chi connectivity index (χ4n) is 3.47. The predicted octanol–water partition coefficient (Wildman–Crippen LogP) is 5.40. The van der Waals surface area contributed by atoms with Gasteiger partial charge in [0.05, 0.1) is 11.5 Å². The summed E-state index contributed by atoms with van der Waals surface area (Å²) in [6.07, 6.45) is 0. The number of nitrogens with zero attached hydrogens (tertiary/aromatic N) is 2. The van der Waals surface area contributed by atoms with E-state index in [0.717, 1.165) is 5.56 Å². The third-order valence-corrected chi connectivity index (χ3v) is 7.53. The lowest BCUT2D eigenvalue weighted by atomic mass is 9.88. The van der Waals surface area contributed by atoms with E-state index in [1.807, 2.05) is 52.8 Å². The number of nitrogens with one attached hydrogen (secondary N) is 2. The highest BCUT2D eigenvalue weighted by Gasteiger charge is 2.30. The SMILES string of the molecule is Cc1ccc(S(=O)(=O)Nc2c(-c3cccc(OCC(C)C)c3)nn(C)c2C(=O)N[C@@H](C)C(C)(C)C)cc1. The van der Waals surface area contributed by atoms with Crippen molar-refractivity contribution < 1.29 is 17.9 Å². The first-order chi connectivity index (χ1) is 17.2. The number of ether oxygens (including phenoxy) is 1. The minimum atomic E-state index is -4.01. The van der Waals surface area contributed by atoms with Crippen molar-refractivity contribution in [2.45, 2.75) is 59.4 Å². The number of carbonyl (C=O) groups excluding carboxylic acids is 1. The Hall–Kier alpha value is -3.33. The van der Waals surface area contributed by atoms with Gasteiger partial charge in [0.25, 0.3) is 15.9 Å². The van der Waals surface area contributed by atoms with E-state index in [1.54, 1.807) is 25.2 Å². The summed E-state index contributed by atoms with van der Waals surface area (Å²) in [7, 11) is -2.38. The monoisotopic (exact) mass is 526 g/mol. The Labute approximate surface area is 220 Å². The standard InChI is InChI=1S/C28H38N4O4S/c1-18(2)17-36-22-11-9-10-21(16-22)24-25(31-37(34,35)23-14-12-19(3)13-15-23)26(32(8)30-24)27(33)29-20(4)28(5,6)7/h9-16,18,20,31H,17H2,1-8H3,(H,29,33)/t20-/m0/s1. The lowest BCUT2D eigenvalue weighted by Gasteiger charge is -2.28. The second-order valence-corrected chi connectivity index (χ2v) is 12.6. The van der Waals surface area contributed by atoms with Crippen LogP contribution in [0.25, 0.3) is 11.3 Å². The molecule has 1 aromatic heterocycles. The van der Waals surface area contributed by atoms with Crippen LogP contribution >= 0.6 is 0 Å². The minimum absolute atomic E-state index is 0.0938. The second kappa shape index (κ2) is 11.0. The number of rotatable bonds is 9. The van der Waals surface area contributed by atoms with Crippen LogP contribution in [0.4, 0.5) is 5.69 Å². The van der Waals surface area contributed by atoms with Crippen LogP contribution in [0.15, 0.2) is 53.4 Å². The fourth-order valence-corrected chi connectivity index (χ4v) is 4.55. The number of sulfonamides is 1. The van der Waals surface area contributed by atoms with Crippen LogP contribution in [0.5, 0.6) is 5.75 Å². The predicted molar refractivity (Wildman–Crippen MR) is 147 cm³/mol. The van der Waals surface area contributed by atoms with E-state index in [4.69, 9.17) is 4.74 Å². The number of anilines is 1. The van der Waals surface area contributed by atoms with Gasteiger partial charge in [-0.1, -0.05) is 64.4 Å². The molecule has 8 nitrogen and oxygen atoms in total. The fraction of sp³-hybridized carbons (Fsp3) is 0.429. The van der Waals surface area contributed by atoms with E-state index in [9.17, 15) is 13.2 Å². The molecule has 1 amide bonds. The lowest BCUT2D eigenvalue weighted by Crippen LogP contribution is -2.42. The molecule has 2 N–H and O–H groups in total. The molecule has 37 heavy (non-hydrogen) atoms. The number of aryl methyl sites for hydroxylation is 2. The third kappa shape index (κ3) is 6.91. The molecule has 0 aliphatic heterocycles. The van der Waals surface area contributed by atoms with Crippen molar-refractivity contribution in [3.8, 4) is 17.0 Å². The average molecular weight is 527 g/mol. The van der Waals surface area contributed by atoms with Gasteiger partial charge in [0, 0.05) is 18.7 Å². The molecule has 2 aromatic carbocycles. The highest BCUT2D eigenvalue weighted by Crippen LogP contribution is 2.34. The van der Waals surface area contributed by atoms with Crippen LogP contribution in [0, 0.1) is 18.3 Å². The first-order valence-electron chi connectivity index (χ1n) is 12.4. The van der Waals surface area contributed by atoms with Crippen molar-refractivity contribution in [1.82, 2.24) is 15.1 Å². The van der Waals surface area contributed by atoms with E-state index in [-0.39, 0.29) is 27.7 Å². The largest absolute Gasteiger partial charge is 0.493 e. The van der Waals surface area contributed by atoms with Crippen molar-refractivity contribution in [2.24, 2.45) is 18.4 Å². The second-order valence-electron chi connectivity index (χ2n) is 10.9. The van der Waals surface area contributed by atoms with Gasteiger partial charge in [-0.25, -0.2) is 8.42 Å². The molecule has 9 heteroatoms. The first-order valence-corrected chi connectivity index (χ1v) is 13.9. The number of carbonyl (C=O) groups is 1. The Morgan fingerprint density at radius 2 is 1.73 bits per heavy atom. The molecule has 0 aliphatic carbocycles. The van der Waals surface area contributed by atoms with E-state index >= 15 is 0 Å². The molecular weight excluding hydrogens is 488 g/mol. The van der Waals surface area contributed by atoms with Crippen molar-refractivity contribution in [1.29, 1.82) is 0 Å². The van der Waals surface area contributed by atoms with Crippen LogP contribution in [0.3, 0.4) is 0 Å². The number of amides is 1. The van der Waals surface area contributed by atoms with E-state index in [2.05, 4.69) is 29.0 Å². The molecule has 200 valence electrons. The van der Waals surface area contributed by atoms with Gasteiger partial charge in [-0.3, -0.25) is 14.2 Å². The van der Waals surface area contributed by atoms with Crippen LogP contribution < -0.4 is 14.8 Å². The summed E-state index contributed by atoms with van der Waals surface area (Å²) in [6.45, 7) is 14.5. The smallest absolute Gasteiger partial charge is 0.271 e. The Morgan fingerprint density at radius 3 is 2.32 bits per heavy atom. The van der Waals surface area contributed by atoms with Crippen molar-refractivity contribution in [3.05, 3.63) is 59.8 Å². The molecule has 0 saturated carbocycles. The molecule has 0 bridgehead atoms. The normalized spacial score (nSPS) is 12.9. The highest BCUT2D eigenvalue weighted by atomic mass is 32.2. The Morgan fingerprint density at radius 1 is 1.08 bits per heavy atom. The summed E-state index contributed by atoms with van der Waals surface area (Å²) in [4.78, 5) is 13.6. The summed E-state index contributed by atoms with van der Waals surface area (Å²) in [5, 5.41) is 7.57. The van der Waals surface area contributed by atoms with Gasteiger partial charge in [0.1, 0.15) is 17.1 Å². The van der Waals surface area contributed by atoms with Gasteiger partial charge in [0.2, 0.25) is 0 Å². The first kappa shape index (κ1) is 28.2. The Kier molecular flexibility index (Phi) is 8.37. The molecular formula is C28H38N4O4S. The van der Waals surface area contributed by atoms with Gasteiger partial charge < -0.3 is 10.1 Å². The van der Waals surface area contributed by atoms with Crippen LogP contribution in [0.1, 0.15) is 57.6 Å². The number of benzene rings is 2. The zero-order valence-corrected chi connectivity index (χ0v) is 23.7. The summed E-state index contributed by atoms with van der Waals surface area (Å²) in [5.74, 6) is 0.560. The van der Waals surface area contributed by atoms with Gasteiger partial charge in [-0.15, -0.1) is 0 Å². The van der Waals surface area contributed by atoms with Crippen molar-refractivity contribution in [2.75, 3.05) is 11.3 Å². The van der Waals surface area contributed by atoms with Gasteiger partial charge in [-0.2, -0.15) is 5.10 Å². The highest BCUT2D eigenvalue weighted by molar-refractivity contribution is 7.92. The maximum atomic E-state index is 13.5. The molecule has 0 fully saturated rings. The van der Waals surface area contributed by atoms with Crippen molar-refractivity contribution in [3.63, 3.8) is 0 Å². The topological polar surface area (TPSA) is 102 Å². The van der Waals surface area contributed by atoms with E-state index in [1.165, 1.54) is 16.8 Å². The summed E-state index contributed by atoms with van der Waals surface area (Å²) in [6, 6.07) is 13.6. The van der Waals surface area contributed by atoms with E-state index in [0.29, 0.717) is 29.5 Å². The molecule has 0 radical (unpaired) electrons. The average Bonchev–Trinajstić information content (AvgIpc) is 3.12. The van der Waals surface area contributed by atoms with E-state index < -0.39 is 15.9 Å². The maximum Gasteiger partial charge on any atom is 0.271 e. The van der Waals surface area contributed by atoms with Gasteiger partial charge >= 0.3 is 0 Å². The molecule has 0 unspecified atom stereocenters. The maximum absolute atomic E-state index is 13.5. The third-order valence-electron chi connectivity index (χ3n) is 6.17. The molecule has 3 aromatic rings. The Balaban J connectivity index is 2.12. The van der Waals surface area contributed by atoms with Crippen molar-refractivity contribution >= 4 is 21.6 Å². The zero-order chi connectivity index (χ0) is 27.5. The molecule has 1 heterocycles. The van der Waals surface area contributed by atoms with Crippen LogP contribution in [-0.4, -0.2) is 36.8 Å². The summed E-state index contributed by atoms with van der Waals surface area (Å²) < 4.78 is 36.7. The molecule has 3 rings (SSSR count). The number of hydrogen-bond acceptors (Lipinski definition) is 5. The lowest BCUT2D eigenvalue weighted by molar-refractivity contribution is 0.0901. The zero-order valence-electron chi connectivity index (χ0n) is 22.9. The molecule has 1 atom stereocenters. The van der Waals surface area contributed by atoms with Crippen LogP contribution in [0.2, 0.25) is 0 Å².